The van der Waals surface area contributed by atoms with Gasteiger partial charge in [-0.15, -0.1) is 0 Å². The maximum Gasteiger partial charge on any atom is 0.118 e. The molecule has 0 aromatic heterocycles. The molecule has 0 heterocycles. The van der Waals surface area contributed by atoms with Crippen molar-refractivity contribution in [2.75, 3.05) is 0 Å². The first kappa shape index (κ1) is 10.6. The van der Waals surface area contributed by atoms with Crippen molar-refractivity contribution in [3.63, 3.8) is 0 Å². The van der Waals surface area contributed by atoms with Crippen LogP contribution >= 0.6 is 0 Å². The van der Waals surface area contributed by atoms with Gasteiger partial charge in [0, 0.05) is 0 Å². The number of hydrogen-bond donors (Lipinski definition) is 1. The normalized spacial score (nSPS) is 10.6. The Hall–Kier alpha value is -1.50. The molecule has 1 N–H and O–H groups in total. The van der Waals surface area contributed by atoms with E-state index in [0.717, 1.165) is 18.4 Å². The predicted molar refractivity (Wildman–Crippen MR) is 60.5 cm³/mol. The standard InChI is InChI=1S/C13H16O/c1-3-4-5-6-7-12-8-9-13(14)11(2)10-12/h3-5,8-10,14H,1,6-7H2,2H3/b5-4+. The highest BCUT2D eigenvalue weighted by Crippen LogP contribution is 2.17. The number of benzene rings is 1. The molecule has 0 aliphatic heterocycles. The fraction of sp³-hybridized carbons (Fsp3) is 0.231. The van der Waals surface area contributed by atoms with Crippen molar-refractivity contribution < 1.29 is 5.11 Å². The first-order valence-corrected chi connectivity index (χ1v) is 4.80. The fourth-order valence-corrected chi connectivity index (χ4v) is 1.32. The molecule has 14 heavy (non-hydrogen) atoms. The van der Waals surface area contributed by atoms with Gasteiger partial charge in [0.2, 0.25) is 0 Å². The van der Waals surface area contributed by atoms with Crippen molar-refractivity contribution in [2.24, 2.45) is 0 Å². The third-order valence-electron chi connectivity index (χ3n) is 2.13. The number of aromatic hydroxyl groups is 1. The first-order valence-electron chi connectivity index (χ1n) is 4.80. The fourth-order valence-electron chi connectivity index (χ4n) is 1.32. The van der Waals surface area contributed by atoms with E-state index < -0.39 is 0 Å². The smallest absolute Gasteiger partial charge is 0.118 e. The molecule has 0 unspecified atom stereocenters. The Kier molecular flexibility index (Phi) is 3.99. The summed E-state index contributed by atoms with van der Waals surface area (Å²) >= 11 is 0. The summed E-state index contributed by atoms with van der Waals surface area (Å²) in [6.45, 7) is 5.53. The minimum atomic E-state index is 0.371. The molecule has 0 atom stereocenters. The van der Waals surface area contributed by atoms with E-state index in [1.54, 1.807) is 12.1 Å². The van der Waals surface area contributed by atoms with Crippen molar-refractivity contribution >= 4 is 0 Å². The second kappa shape index (κ2) is 5.28. The van der Waals surface area contributed by atoms with Crippen LogP contribution in [0.25, 0.3) is 0 Å². The van der Waals surface area contributed by atoms with E-state index in [4.69, 9.17) is 0 Å². The van der Waals surface area contributed by atoms with E-state index in [9.17, 15) is 5.11 Å². The van der Waals surface area contributed by atoms with Gasteiger partial charge in [-0.2, -0.15) is 0 Å². The average Bonchev–Trinajstić information content (AvgIpc) is 2.18. The molecule has 0 saturated heterocycles. The zero-order valence-electron chi connectivity index (χ0n) is 8.53. The van der Waals surface area contributed by atoms with Crippen LogP contribution in [-0.2, 0) is 6.42 Å². The summed E-state index contributed by atoms with van der Waals surface area (Å²) in [5, 5.41) is 9.33. The second-order valence-corrected chi connectivity index (χ2v) is 3.32. The molecule has 0 spiro atoms. The van der Waals surface area contributed by atoms with Crippen molar-refractivity contribution in [1.29, 1.82) is 0 Å². The van der Waals surface area contributed by atoms with Gasteiger partial charge in [-0.3, -0.25) is 0 Å². The summed E-state index contributed by atoms with van der Waals surface area (Å²) in [6, 6.07) is 5.74. The first-order chi connectivity index (χ1) is 6.74. The van der Waals surface area contributed by atoms with Crippen LogP contribution in [-0.4, -0.2) is 5.11 Å². The molecule has 0 aliphatic carbocycles. The van der Waals surface area contributed by atoms with Crippen molar-refractivity contribution in [1.82, 2.24) is 0 Å². The van der Waals surface area contributed by atoms with Gasteiger partial charge in [0.05, 0.1) is 0 Å². The van der Waals surface area contributed by atoms with Gasteiger partial charge < -0.3 is 5.11 Å². The molecule has 1 nitrogen and oxygen atoms in total. The Morgan fingerprint density at radius 1 is 1.43 bits per heavy atom. The zero-order valence-corrected chi connectivity index (χ0v) is 8.53. The molecule has 1 heteroatoms. The Morgan fingerprint density at radius 3 is 2.86 bits per heavy atom. The molecule has 0 fully saturated rings. The average molecular weight is 188 g/mol. The quantitative estimate of drug-likeness (QED) is 0.718. The van der Waals surface area contributed by atoms with Crippen molar-refractivity contribution in [3.05, 3.63) is 54.1 Å². The largest absolute Gasteiger partial charge is 0.508 e. The van der Waals surface area contributed by atoms with Gasteiger partial charge in [-0.25, -0.2) is 0 Å². The molecular weight excluding hydrogens is 172 g/mol. The highest BCUT2D eigenvalue weighted by molar-refractivity contribution is 5.35. The summed E-state index contributed by atoms with van der Waals surface area (Å²) in [7, 11) is 0. The van der Waals surface area contributed by atoms with Gasteiger partial charge in [0.1, 0.15) is 5.75 Å². The second-order valence-electron chi connectivity index (χ2n) is 3.32. The van der Waals surface area contributed by atoms with E-state index in [1.165, 1.54) is 5.56 Å². The Labute approximate surface area is 85.4 Å². The van der Waals surface area contributed by atoms with Gasteiger partial charge in [-0.05, 0) is 37.0 Å². The number of rotatable bonds is 4. The number of aryl methyl sites for hydroxylation is 2. The van der Waals surface area contributed by atoms with E-state index in [0.29, 0.717) is 5.75 Å². The Bertz CT molecular complexity index is 337. The number of hydrogen-bond acceptors (Lipinski definition) is 1. The van der Waals surface area contributed by atoms with Crippen LogP contribution in [0, 0.1) is 6.92 Å². The molecule has 1 aromatic rings. The summed E-state index contributed by atoms with van der Waals surface area (Å²) in [5.74, 6) is 0.371. The van der Waals surface area contributed by atoms with Crippen LogP contribution in [0.2, 0.25) is 0 Å². The van der Waals surface area contributed by atoms with Crippen LogP contribution in [0.4, 0.5) is 0 Å². The lowest BCUT2D eigenvalue weighted by Crippen LogP contribution is -1.84. The van der Waals surface area contributed by atoms with E-state index >= 15 is 0 Å². The topological polar surface area (TPSA) is 20.2 Å². The molecule has 1 aromatic carbocycles. The summed E-state index contributed by atoms with van der Waals surface area (Å²) in [4.78, 5) is 0. The van der Waals surface area contributed by atoms with Gasteiger partial charge in [0.15, 0.2) is 0 Å². The molecular formula is C13H16O. The van der Waals surface area contributed by atoms with Gasteiger partial charge in [-0.1, -0.05) is 36.9 Å². The minimum Gasteiger partial charge on any atom is -0.508 e. The predicted octanol–water partition coefficient (Wildman–Crippen LogP) is 3.38. The van der Waals surface area contributed by atoms with E-state index in [2.05, 4.69) is 12.7 Å². The Morgan fingerprint density at radius 2 is 2.21 bits per heavy atom. The molecule has 74 valence electrons. The monoisotopic (exact) mass is 188 g/mol. The lowest BCUT2D eigenvalue weighted by molar-refractivity contribution is 0.471. The lowest BCUT2D eigenvalue weighted by atomic mass is 10.1. The van der Waals surface area contributed by atoms with Crippen molar-refractivity contribution in [2.45, 2.75) is 19.8 Å². The van der Waals surface area contributed by atoms with E-state index in [-0.39, 0.29) is 0 Å². The minimum absolute atomic E-state index is 0.371. The van der Waals surface area contributed by atoms with Crippen LogP contribution in [0.5, 0.6) is 5.75 Å². The summed E-state index contributed by atoms with van der Waals surface area (Å²) < 4.78 is 0. The number of allylic oxidation sites excluding steroid dienone is 3. The van der Waals surface area contributed by atoms with Crippen LogP contribution in [0.1, 0.15) is 17.5 Å². The third kappa shape index (κ3) is 3.09. The number of phenols is 1. The Balaban J connectivity index is 2.55. The third-order valence-corrected chi connectivity index (χ3v) is 2.13. The molecule has 0 bridgehead atoms. The van der Waals surface area contributed by atoms with Gasteiger partial charge >= 0.3 is 0 Å². The summed E-state index contributed by atoms with van der Waals surface area (Å²) in [5.41, 5.74) is 2.20. The van der Waals surface area contributed by atoms with Crippen LogP contribution < -0.4 is 0 Å². The van der Waals surface area contributed by atoms with Crippen molar-refractivity contribution in [3.8, 4) is 5.75 Å². The molecule has 0 aliphatic rings. The number of phenolic OH excluding ortho intramolecular Hbond substituents is 1. The lowest BCUT2D eigenvalue weighted by Gasteiger charge is -2.02. The summed E-state index contributed by atoms with van der Waals surface area (Å²) in [6.07, 6.45) is 7.84. The SMILES string of the molecule is C=C/C=C/CCc1ccc(O)c(C)c1. The maximum atomic E-state index is 9.33. The van der Waals surface area contributed by atoms with Gasteiger partial charge in [0.25, 0.3) is 0 Å². The maximum absolute atomic E-state index is 9.33. The zero-order chi connectivity index (χ0) is 10.4. The molecule has 1 rings (SSSR count). The van der Waals surface area contributed by atoms with Crippen LogP contribution in [0.15, 0.2) is 43.0 Å². The molecule has 0 radical (unpaired) electrons. The molecule has 0 saturated carbocycles. The highest BCUT2D eigenvalue weighted by Gasteiger charge is 1.96. The molecule has 0 amide bonds. The van der Waals surface area contributed by atoms with Crippen LogP contribution in [0.3, 0.4) is 0 Å². The highest BCUT2D eigenvalue weighted by atomic mass is 16.3. The van der Waals surface area contributed by atoms with E-state index in [1.807, 2.05) is 25.1 Å².